The lowest BCUT2D eigenvalue weighted by Gasteiger charge is -2.34. The summed E-state index contributed by atoms with van der Waals surface area (Å²) in [7, 11) is 1.68. The highest BCUT2D eigenvalue weighted by atomic mass is 16.5. The number of morpholine rings is 1. The number of aromatic nitrogens is 3. The average molecular weight is 520 g/mol. The second kappa shape index (κ2) is 9.76. The minimum Gasteiger partial charge on any atom is -0.382 e. The van der Waals surface area contributed by atoms with Gasteiger partial charge in [-0.3, -0.25) is 19.1 Å². The van der Waals surface area contributed by atoms with Gasteiger partial charge in [0.1, 0.15) is 11.9 Å². The van der Waals surface area contributed by atoms with Crippen LogP contribution >= 0.6 is 0 Å². The first-order valence-corrected chi connectivity index (χ1v) is 13.2. The Bertz CT molecular complexity index is 1450. The number of hydrogen-bond donors (Lipinski definition) is 1. The van der Waals surface area contributed by atoms with E-state index in [4.69, 9.17) is 19.2 Å². The minimum atomic E-state index is -0.646. The molecule has 1 N–H and O–H groups in total. The maximum absolute atomic E-state index is 13.7. The fourth-order valence-electron chi connectivity index (χ4n) is 5.43. The molecular weight excluding hydrogens is 486 g/mol. The van der Waals surface area contributed by atoms with Gasteiger partial charge in [0.05, 0.1) is 53.6 Å². The molecule has 2 fully saturated rings. The summed E-state index contributed by atoms with van der Waals surface area (Å²) in [5.41, 5.74) is 3.41. The van der Waals surface area contributed by atoms with Gasteiger partial charge in [-0.05, 0) is 50.1 Å². The summed E-state index contributed by atoms with van der Waals surface area (Å²) in [6.07, 6.45) is 3.03. The van der Waals surface area contributed by atoms with E-state index >= 15 is 0 Å². The molecule has 6 rings (SSSR count). The van der Waals surface area contributed by atoms with E-state index in [1.165, 1.54) is 0 Å². The van der Waals surface area contributed by atoms with Crippen LogP contribution in [0.15, 0.2) is 35.3 Å². The quantitative estimate of drug-likeness (QED) is 0.508. The van der Waals surface area contributed by atoms with Crippen molar-refractivity contribution >= 4 is 28.2 Å². The topological polar surface area (TPSA) is 108 Å². The third kappa shape index (κ3) is 4.36. The van der Waals surface area contributed by atoms with Gasteiger partial charge in [-0.25, -0.2) is 4.98 Å². The molecule has 0 aliphatic carbocycles. The van der Waals surface area contributed by atoms with Crippen molar-refractivity contribution in [2.45, 2.75) is 50.9 Å². The summed E-state index contributed by atoms with van der Waals surface area (Å²) in [5, 5.41) is 3.51. The number of ether oxygens (including phenoxy) is 3. The van der Waals surface area contributed by atoms with Crippen molar-refractivity contribution in [1.29, 1.82) is 0 Å². The van der Waals surface area contributed by atoms with Crippen LogP contribution in [-0.4, -0.2) is 66.6 Å². The van der Waals surface area contributed by atoms with E-state index in [1.807, 2.05) is 38.1 Å². The number of carbonyl (C=O) groups is 1. The maximum Gasteiger partial charge on any atom is 0.261 e. The Morgan fingerprint density at radius 3 is 2.79 bits per heavy atom. The van der Waals surface area contributed by atoms with Gasteiger partial charge in [-0.2, -0.15) is 0 Å². The van der Waals surface area contributed by atoms with E-state index in [1.54, 1.807) is 17.9 Å². The van der Waals surface area contributed by atoms with Crippen LogP contribution in [-0.2, 0) is 37.4 Å². The Kier molecular flexibility index (Phi) is 6.41. The van der Waals surface area contributed by atoms with Crippen LogP contribution in [0, 0.1) is 0 Å². The van der Waals surface area contributed by atoms with Crippen LogP contribution in [0.4, 0.5) is 11.4 Å². The molecule has 10 nitrogen and oxygen atoms in total. The highest BCUT2D eigenvalue weighted by molar-refractivity contribution is 6.04. The largest absolute Gasteiger partial charge is 0.382 e. The number of aryl methyl sites for hydroxylation is 1. The fourth-order valence-corrected chi connectivity index (χ4v) is 5.43. The molecule has 2 saturated heterocycles. The van der Waals surface area contributed by atoms with Crippen LogP contribution < -0.4 is 15.8 Å². The molecule has 38 heavy (non-hydrogen) atoms. The van der Waals surface area contributed by atoms with Crippen molar-refractivity contribution in [3.8, 4) is 0 Å². The lowest BCUT2D eigenvalue weighted by atomic mass is 9.90. The first-order chi connectivity index (χ1) is 18.3. The summed E-state index contributed by atoms with van der Waals surface area (Å²) in [6, 6.07) is 7.81. The van der Waals surface area contributed by atoms with Gasteiger partial charge in [0.15, 0.2) is 0 Å². The van der Waals surface area contributed by atoms with Gasteiger partial charge >= 0.3 is 0 Å². The van der Waals surface area contributed by atoms with E-state index in [2.05, 4.69) is 15.2 Å². The maximum atomic E-state index is 13.7. The van der Waals surface area contributed by atoms with Crippen molar-refractivity contribution in [1.82, 2.24) is 14.5 Å². The van der Waals surface area contributed by atoms with Gasteiger partial charge in [0, 0.05) is 45.0 Å². The number of benzene rings is 1. The molecule has 2 atom stereocenters. The van der Waals surface area contributed by atoms with Crippen molar-refractivity contribution < 1.29 is 19.0 Å². The third-order valence-electron chi connectivity index (χ3n) is 7.79. The Balaban J connectivity index is 1.29. The number of amides is 1. The molecule has 1 aromatic carbocycles. The Hall–Kier alpha value is -3.34. The van der Waals surface area contributed by atoms with E-state index in [0.717, 1.165) is 42.1 Å². The number of nitrogens with zero attached hydrogens (tertiary/aromatic N) is 4. The predicted molar refractivity (Wildman–Crippen MR) is 143 cm³/mol. The number of anilines is 2. The molecule has 0 saturated carbocycles. The highest BCUT2D eigenvalue weighted by Crippen LogP contribution is 2.36. The van der Waals surface area contributed by atoms with Crippen molar-refractivity contribution in [3.63, 3.8) is 0 Å². The van der Waals surface area contributed by atoms with Crippen LogP contribution in [0.25, 0.3) is 10.9 Å². The number of hydrogen-bond acceptors (Lipinski definition) is 8. The molecule has 5 heterocycles. The fraction of sp³-hybridized carbons (Fsp3) is 0.500. The number of rotatable bonds is 7. The highest BCUT2D eigenvalue weighted by Gasteiger charge is 2.40. The van der Waals surface area contributed by atoms with Crippen LogP contribution in [0.2, 0.25) is 0 Å². The summed E-state index contributed by atoms with van der Waals surface area (Å²) in [5.74, 6) is 0.607. The van der Waals surface area contributed by atoms with Crippen molar-refractivity contribution in [2.75, 3.05) is 50.2 Å². The molecule has 1 amide bonds. The zero-order valence-corrected chi connectivity index (χ0v) is 22.0. The first kappa shape index (κ1) is 25.0. The number of nitrogens with one attached hydrogen (secondary N) is 1. The van der Waals surface area contributed by atoms with E-state index in [9.17, 15) is 9.59 Å². The van der Waals surface area contributed by atoms with Gasteiger partial charge in [0.25, 0.3) is 5.56 Å². The SMILES string of the molecule is COC[C@H]1CN(c2ccc3c(=O)n(CCc4cnc5c(c4)NC(=O)C5(C)C)c(C4CCO4)nc3c2)CCO1. The van der Waals surface area contributed by atoms with Gasteiger partial charge in [-0.1, -0.05) is 0 Å². The Morgan fingerprint density at radius 2 is 2.03 bits per heavy atom. The molecule has 3 aromatic rings. The zero-order valence-electron chi connectivity index (χ0n) is 22.0. The van der Waals surface area contributed by atoms with Gasteiger partial charge in [0.2, 0.25) is 5.91 Å². The predicted octanol–water partition coefficient (Wildman–Crippen LogP) is 2.58. The van der Waals surface area contributed by atoms with E-state index < -0.39 is 5.41 Å². The molecule has 200 valence electrons. The van der Waals surface area contributed by atoms with Crippen LogP contribution in [0.1, 0.15) is 43.5 Å². The second-order valence-electron chi connectivity index (χ2n) is 10.7. The summed E-state index contributed by atoms with van der Waals surface area (Å²) >= 11 is 0. The zero-order chi connectivity index (χ0) is 26.4. The molecular formula is C28H33N5O5. The smallest absolute Gasteiger partial charge is 0.261 e. The second-order valence-corrected chi connectivity index (χ2v) is 10.7. The molecule has 3 aliphatic heterocycles. The number of fused-ring (bicyclic) bond motifs is 2. The van der Waals surface area contributed by atoms with Crippen molar-refractivity contribution in [3.05, 3.63) is 57.9 Å². The molecule has 0 spiro atoms. The molecule has 10 heteroatoms. The van der Waals surface area contributed by atoms with E-state index in [0.29, 0.717) is 49.5 Å². The average Bonchev–Trinajstić information content (AvgIpc) is 3.10. The van der Waals surface area contributed by atoms with Crippen LogP contribution in [0.3, 0.4) is 0 Å². The third-order valence-corrected chi connectivity index (χ3v) is 7.79. The minimum absolute atomic E-state index is 0.0115. The molecule has 0 bridgehead atoms. The number of pyridine rings is 1. The van der Waals surface area contributed by atoms with Crippen molar-refractivity contribution in [2.24, 2.45) is 0 Å². The first-order valence-electron chi connectivity index (χ1n) is 13.2. The molecule has 2 aromatic heterocycles. The monoisotopic (exact) mass is 519 g/mol. The lowest BCUT2D eigenvalue weighted by molar-refractivity contribution is -0.119. The Labute approximate surface area is 220 Å². The standard InChI is InChI=1S/C28H33N5O5/c1-28(2)24-22(31-27(28)35)12-17(14-29-24)6-8-33-25(23-7-10-38-23)30-21-13-18(4-5-20(21)26(33)34)32-9-11-37-19(15-32)16-36-3/h4-5,12-14,19,23H,6-11,15-16H2,1-3H3,(H,31,35)/t19-,23?/m1/s1. The number of carbonyl (C=O) groups excluding carboxylic acids is 1. The number of methoxy groups -OCH3 is 1. The molecule has 1 unspecified atom stereocenters. The normalized spacial score (nSPS) is 22.3. The van der Waals surface area contributed by atoms with Gasteiger partial charge in [-0.15, -0.1) is 0 Å². The summed E-state index contributed by atoms with van der Waals surface area (Å²) in [6.45, 7) is 7.51. The van der Waals surface area contributed by atoms with Gasteiger partial charge < -0.3 is 24.4 Å². The molecule has 0 radical (unpaired) electrons. The summed E-state index contributed by atoms with van der Waals surface area (Å²) < 4.78 is 18.6. The van der Waals surface area contributed by atoms with E-state index in [-0.39, 0.29) is 23.7 Å². The summed E-state index contributed by atoms with van der Waals surface area (Å²) in [4.78, 5) is 37.8. The Morgan fingerprint density at radius 1 is 1.18 bits per heavy atom. The van der Waals surface area contributed by atoms with Crippen LogP contribution in [0.5, 0.6) is 0 Å². The molecule has 3 aliphatic rings. The lowest BCUT2D eigenvalue weighted by Crippen LogP contribution is -2.44.